The Balaban J connectivity index is 1.78. The SMILES string of the molecule is CC(C)(C)C1CCC23OC(=N)C(C#N)(C2C1)C(C#N)(C#N)C(CCc1ccccc1)O3. The molecule has 4 rings (SSSR count). The molecule has 1 N–H and O–H groups in total. The molecule has 5 atom stereocenters. The zero-order chi connectivity index (χ0) is 22.5. The Kier molecular flexibility index (Phi) is 4.88. The predicted molar refractivity (Wildman–Crippen MR) is 113 cm³/mol. The average Bonchev–Trinajstić information content (AvgIpc) is 2.96. The molecular formula is C25H28N4O2. The smallest absolute Gasteiger partial charge is 0.217 e. The number of nitriles is 3. The third-order valence-electron chi connectivity index (χ3n) is 7.79. The number of hydrogen-bond acceptors (Lipinski definition) is 6. The molecule has 5 unspecified atom stereocenters. The number of hydrogen-bond donors (Lipinski definition) is 1. The summed E-state index contributed by atoms with van der Waals surface area (Å²) in [5, 5.41) is 39.7. The Hall–Kier alpha value is -2.88. The highest BCUT2D eigenvalue weighted by Crippen LogP contribution is 2.68. The number of ether oxygens (including phenoxy) is 2. The number of aryl methyl sites for hydroxylation is 1. The fourth-order valence-electron chi connectivity index (χ4n) is 5.94. The Bertz CT molecular complexity index is 995. The van der Waals surface area contributed by atoms with Crippen molar-refractivity contribution in [3.63, 3.8) is 0 Å². The Morgan fingerprint density at radius 2 is 1.77 bits per heavy atom. The van der Waals surface area contributed by atoms with Gasteiger partial charge >= 0.3 is 0 Å². The molecule has 160 valence electrons. The first kappa shape index (κ1) is 21.4. The molecule has 0 radical (unpaired) electrons. The van der Waals surface area contributed by atoms with Crippen LogP contribution in [0.3, 0.4) is 0 Å². The predicted octanol–water partition coefficient (Wildman–Crippen LogP) is 4.73. The molecule has 1 aromatic carbocycles. The van der Waals surface area contributed by atoms with Crippen LogP contribution in [0.5, 0.6) is 0 Å². The van der Waals surface area contributed by atoms with Crippen LogP contribution in [-0.2, 0) is 15.9 Å². The average molecular weight is 417 g/mol. The van der Waals surface area contributed by atoms with Gasteiger partial charge in [0.15, 0.2) is 10.8 Å². The summed E-state index contributed by atoms with van der Waals surface area (Å²) in [6, 6.07) is 16.4. The fourth-order valence-corrected chi connectivity index (χ4v) is 5.94. The van der Waals surface area contributed by atoms with E-state index in [1.165, 1.54) is 0 Å². The number of benzene rings is 1. The lowest BCUT2D eigenvalue weighted by molar-refractivity contribution is -0.299. The maximum atomic E-state index is 10.4. The van der Waals surface area contributed by atoms with Gasteiger partial charge in [-0.1, -0.05) is 51.1 Å². The van der Waals surface area contributed by atoms with Crippen molar-refractivity contribution in [2.45, 2.75) is 64.8 Å². The molecule has 6 heteroatoms. The van der Waals surface area contributed by atoms with Gasteiger partial charge in [0.05, 0.1) is 30.2 Å². The van der Waals surface area contributed by atoms with E-state index in [0.717, 1.165) is 12.0 Å². The molecule has 2 saturated heterocycles. The summed E-state index contributed by atoms with van der Waals surface area (Å²) in [7, 11) is 0. The minimum atomic E-state index is -1.79. The molecule has 0 spiro atoms. The zero-order valence-electron chi connectivity index (χ0n) is 18.3. The van der Waals surface area contributed by atoms with Crippen molar-refractivity contribution in [1.29, 1.82) is 21.2 Å². The lowest BCUT2D eigenvalue weighted by Gasteiger charge is -2.54. The van der Waals surface area contributed by atoms with Crippen LogP contribution < -0.4 is 0 Å². The van der Waals surface area contributed by atoms with Gasteiger partial charge in [-0.25, -0.2) is 0 Å². The van der Waals surface area contributed by atoms with Crippen LogP contribution >= 0.6 is 0 Å². The zero-order valence-corrected chi connectivity index (χ0v) is 18.3. The molecule has 0 amide bonds. The van der Waals surface area contributed by atoms with Crippen LogP contribution in [0, 0.1) is 67.5 Å². The quantitative estimate of drug-likeness (QED) is 0.765. The minimum absolute atomic E-state index is 0.00594. The van der Waals surface area contributed by atoms with E-state index in [4.69, 9.17) is 14.9 Å². The first-order chi connectivity index (χ1) is 14.7. The van der Waals surface area contributed by atoms with Crippen LogP contribution in [0.25, 0.3) is 0 Å². The van der Waals surface area contributed by atoms with E-state index in [2.05, 4.69) is 39.0 Å². The van der Waals surface area contributed by atoms with Crippen LogP contribution in [-0.4, -0.2) is 17.8 Å². The molecular weight excluding hydrogens is 388 g/mol. The Labute approximate surface area is 183 Å². The normalized spacial score (nSPS) is 35.7. The molecule has 1 aliphatic carbocycles. The van der Waals surface area contributed by atoms with Crippen molar-refractivity contribution >= 4 is 5.90 Å². The van der Waals surface area contributed by atoms with Crippen LogP contribution in [0.4, 0.5) is 0 Å². The van der Waals surface area contributed by atoms with Gasteiger partial charge in [-0.05, 0) is 42.6 Å². The topological polar surface area (TPSA) is 114 Å². The molecule has 31 heavy (non-hydrogen) atoms. The van der Waals surface area contributed by atoms with Crippen LogP contribution in [0.15, 0.2) is 30.3 Å². The fraction of sp³-hybridized carbons (Fsp3) is 0.600. The van der Waals surface area contributed by atoms with Gasteiger partial charge in [-0.3, -0.25) is 5.41 Å². The summed E-state index contributed by atoms with van der Waals surface area (Å²) in [5.41, 5.74) is -2.34. The van der Waals surface area contributed by atoms with Crippen LogP contribution in [0.1, 0.15) is 52.0 Å². The second-order valence-corrected chi connectivity index (χ2v) is 10.2. The molecule has 0 aromatic heterocycles. The van der Waals surface area contributed by atoms with Crippen molar-refractivity contribution < 1.29 is 9.47 Å². The van der Waals surface area contributed by atoms with Gasteiger partial charge < -0.3 is 9.47 Å². The molecule has 1 aromatic rings. The van der Waals surface area contributed by atoms with E-state index in [9.17, 15) is 15.8 Å². The molecule has 2 aliphatic heterocycles. The lowest BCUT2D eigenvalue weighted by atomic mass is 9.49. The minimum Gasteiger partial charge on any atom is -0.447 e. The summed E-state index contributed by atoms with van der Waals surface area (Å²) >= 11 is 0. The van der Waals surface area contributed by atoms with Crippen molar-refractivity contribution in [2.75, 3.05) is 0 Å². The van der Waals surface area contributed by atoms with E-state index in [1.54, 1.807) is 0 Å². The monoisotopic (exact) mass is 416 g/mol. The first-order valence-electron chi connectivity index (χ1n) is 10.9. The first-order valence-corrected chi connectivity index (χ1v) is 10.9. The molecule has 1 saturated carbocycles. The van der Waals surface area contributed by atoms with E-state index < -0.39 is 28.6 Å². The number of rotatable bonds is 3. The van der Waals surface area contributed by atoms with E-state index in [-0.39, 0.29) is 17.2 Å². The third-order valence-corrected chi connectivity index (χ3v) is 7.79. The van der Waals surface area contributed by atoms with Crippen molar-refractivity contribution in [1.82, 2.24) is 0 Å². The summed E-state index contributed by atoms with van der Waals surface area (Å²) in [5.74, 6) is -1.61. The third kappa shape index (κ3) is 2.80. The lowest BCUT2D eigenvalue weighted by Crippen LogP contribution is -2.64. The van der Waals surface area contributed by atoms with E-state index in [0.29, 0.717) is 25.7 Å². The van der Waals surface area contributed by atoms with E-state index in [1.807, 2.05) is 30.3 Å². The van der Waals surface area contributed by atoms with Gasteiger partial charge in [0.2, 0.25) is 11.7 Å². The summed E-state index contributed by atoms with van der Waals surface area (Å²) in [6.45, 7) is 6.49. The largest absolute Gasteiger partial charge is 0.447 e. The van der Waals surface area contributed by atoms with Gasteiger partial charge in [0.1, 0.15) is 0 Å². The van der Waals surface area contributed by atoms with Gasteiger partial charge in [-0.15, -0.1) is 0 Å². The number of nitrogens with one attached hydrogen (secondary N) is 1. The van der Waals surface area contributed by atoms with Crippen LogP contribution in [0.2, 0.25) is 0 Å². The highest BCUT2D eigenvalue weighted by Gasteiger charge is 2.80. The summed E-state index contributed by atoms with van der Waals surface area (Å²) in [4.78, 5) is 0. The maximum Gasteiger partial charge on any atom is 0.217 e. The van der Waals surface area contributed by atoms with Gasteiger partial charge in [-0.2, -0.15) is 15.8 Å². The summed E-state index contributed by atoms with van der Waals surface area (Å²) in [6.07, 6.45) is 2.20. The Morgan fingerprint density at radius 1 is 1.10 bits per heavy atom. The van der Waals surface area contributed by atoms with E-state index >= 15 is 0 Å². The second-order valence-electron chi connectivity index (χ2n) is 10.2. The van der Waals surface area contributed by atoms with Gasteiger partial charge in [0, 0.05) is 6.42 Å². The summed E-state index contributed by atoms with van der Waals surface area (Å²) < 4.78 is 12.5. The standard InChI is InChI=1S/C25H28N4O2/c1-22(2,3)18-11-12-25-19(13-18)24(16-28,21(29)31-25)23(14-26,15-27)20(30-25)10-9-17-7-5-4-6-8-17/h4-8,18-20,29H,9-13H2,1-3H3. The van der Waals surface area contributed by atoms with Crippen molar-refractivity contribution in [3.8, 4) is 18.2 Å². The maximum absolute atomic E-state index is 10.4. The molecule has 3 aliphatic rings. The highest BCUT2D eigenvalue weighted by molar-refractivity contribution is 5.89. The Morgan fingerprint density at radius 3 is 2.35 bits per heavy atom. The molecule has 3 fully saturated rings. The second kappa shape index (κ2) is 7.08. The van der Waals surface area contributed by atoms with Crippen molar-refractivity contribution in [3.05, 3.63) is 35.9 Å². The highest BCUT2D eigenvalue weighted by atomic mass is 16.7. The molecule has 6 nitrogen and oxygen atoms in total. The van der Waals surface area contributed by atoms with Crippen molar-refractivity contribution in [2.24, 2.45) is 28.1 Å². The molecule has 2 bridgehead atoms. The van der Waals surface area contributed by atoms with Gasteiger partial charge in [0.25, 0.3) is 0 Å². The molecule has 2 heterocycles. The number of nitrogens with zero attached hydrogens (tertiary/aromatic N) is 3.